The smallest absolute Gasteiger partial charge is 0.354 e. The van der Waals surface area contributed by atoms with Gasteiger partial charge in [0.15, 0.2) is 0 Å². The third-order valence-electron chi connectivity index (χ3n) is 3.87. The monoisotopic (exact) mass is 289 g/mol. The van der Waals surface area contributed by atoms with Gasteiger partial charge < -0.3 is 14.9 Å². The lowest BCUT2D eigenvalue weighted by Gasteiger charge is -2.36. The van der Waals surface area contributed by atoms with Gasteiger partial charge in [0.25, 0.3) is 0 Å². The summed E-state index contributed by atoms with van der Waals surface area (Å²) >= 11 is 0. The second-order valence-electron chi connectivity index (χ2n) is 5.26. The number of carboxylic acid groups (broad SMARTS) is 1. The summed E-state index contributed by atoms with van der Waals surface area (Å²) < 4.78 is 0. The second kappa shape index (κ2) is 5.16. The molecule has 2 fully saturated rings. The molecule has 2 saturated heterocycles. The molecule has 2 aliphatic rings. The molecule has 0 radical (unpaired) electrons. The van der Waals surface area contributed by atoms with E-state index in [-0.39, 0.29) is 36.6 Å². The number of aromatic nitrogens is 1. The number of fused-ring (bicyclic) bond motifs is 1. The van der Waals surface area contributed by atoms with Gasteiger partial charge >= 0.3 is 5.97 Å². The van der Waals surface area contributed by atoms with Crippen molar-refractivity contribution in [3.05, 3.63) is 29.6 Å². The van der Waals surface area contributed by atoms with Crippen molar-refractivity contribution < 1.29 is 19.5 Å². The number of rotatable bonds is 3. The molecular formula is C14H15N3O4. The molecule has 2 aliphatic heterocycles. The van der Waals surface area contributed by atoms with E-state index in [1.165, 1.54) is 11.0 Å². The van der Waals surface area contributed by atoms with Gasteiger partial charge in [0.2, 0.25) is 11.8 Å². The molecule has 0 bridgehead atoms. The van der Waals surface area contributed by atoms with Crippen LogP contribution >= 0.6 is 0 Å². The van der Waals surface area contributed by atoms with E-state index in [2.05, 4.69) is 4.98 Å². The Morgan fingerprint density at radius 2 is 2.19 bits per heavy atom. The first-order valence-electron chi connectivity index (χ1n) is 6.84. The lowest BCUT2D eigenvalue weighted by Crippen LogP contribution is -2.56. The number of carbonyl (C=O) groups excluding carboxylic acids is 2. The van der Waals surface area contributed by atoms with Gasteiger partial charge in [0.1, 0.15) is 18.3 Å². The second-order valence-corrected chi connectivity index (χ2v) is 5.26. The molecule has 1 aromatic rings. The molecule has 1 unspecified atom stereocenters. The Morgan fingerprint density at radius 1 is 1.38 bits per heavy atom. The van der Waals surface area contributed by atoms with Crippen LogP contribution in [0.3, 0.4) is 0 Å². The average molecular weight is 289 g/mol. The van der Waals surface area contributed by atoms with Gasteiger partial charge in [-0.1, -0.05) is 6.07 Å². The van der Waals surface area contributed by atoms with Crippen molar-refractivity contribution in [1.29, 1.82) is 0 Å². The van der Waals surface area contributed by atoms with Crippen LogP contribution in [0.4, 0.5) is 0 Å². The lowest BCUT2D eigenvalue weighted by atomic mass is 10.1. The first-order chi connectivity index (χ1) is 10.1. The maximum Gasteiger partial charge on any atom is 0.354 e. The van der Waals surface area contributed by atoms with Gasteiger partial charge in [-0.15, -0.1) is 0 Å². The van der Waals surface area contributed by atoms with Crippen molar-refractivity contribution in [2.45, 2.75) is 25.4 Å². The number of piperazine rings is 1. The van der Waals surface area contributed by atoms with Gasteiger partial charge in [-0.05, 0) is 25.0 Å². The summed E-state index contributed by atoms with van der Waals surface area (Å²) in [7, 11) is 0. The number of carbonyl (C=O) groups is 3. The highest BCUT2D eigenvalue weighted by molar-refractivity contribution is 5.95. The fraction of sp³-hybridized carbons (Fsp3) is 0.429. The normalized spacial score (nSPS) is 21.6. The van der Waals surface area contributed by atoms with Crippen LogP contribution in [-0.4, -0.2) is 56.8 Å². The third kappa shape index (κ3) is 2.46. The molecule has 0 aromatic carbocycles. The summed E-state index contributed by atoms with van der Waals surface area (Å²) in [6, 6.07) is 4.29. The van der Waals surface area contributed by atoms with E-state index in [0.717, 1.165) is 6.42 Å². The number of hydrogen-bond acceptors (Lipinski definition) is 4. The molecule has 0 aliphatic carbocycles. The highest BCUT2D eigenvalue weighted by Gasteiger charge is 2.41. The minimum atomic E-state index is -1.11. The summed E-state index contributed by atoms with van der Waals surface area (Å²) in [6.07, 6.45) is 1.55. The molecule has 7 heteroatoms. The maximum atomic E-state index is 12.4. The minimum absolute atomic E-state index is 0.0360. The van der Waals surface area contributed by atoms with Crippen molar-refractivity contribution in [3.63, 3.8) is 0 Å². The Balaban J connectivity index is 1.78. The summed E-state index contributed by atoms with van der Waals surface area (Å²) in [5.74, 6) is -1.24. The van der Waals surface area contributed by atoms with E-state index < -0.39 is 5.97 Å². The summed E-state index contributed by atoms with van der Waals surface area (Å²) in [4.78, 5) is 42.4. The molecule has 3 heterocycles. The van der Waals surface area contributed by atoms with Crippen LogP contribution in [0.2, 0.25) is 0 Å². The van der Waals surface area contributed by atoms with Crippen molar-refractivity contribution in [2.75, 3.05) is 13.1 Å². The number of aromatic carboxylic acids is 1. The lowest BCUT2D eigenvalue weighted by molar-refractivity contribution is -0.154. The summed E-state index contributed by atoms with van der Waals surface area (Å²) in [5.41, 5.74) is 0.410. The van der Waals surface area contributed by atoms with Gasteiger partial charge in [-0.2, -0.15) is 0 Å². The number of carboxylic acids is 1. The highest BCUT2D eigenvalue weighted by atomic mass is 16.4. The molecule has 110 valence electrons. The van der Waals surface area contributed by atoms with Crippen LogP contribution in [0.1, 0.15) is 29.0 Å². The number of amides is 2. The first-order valence-corrected chi connectivity index (χ1v) is 6.84. The van der Waals surface area contributed by atoms with E-state index in [9.17, 15) is 14.4 Å². The van der Waals surface area contributed by atoms with Crippen LogP contribution in [0, 0.1) is 0 Å². The molecule has 7 nitrogen and oxygen atoms in total. The molecule has 21 heavy (non-hydrogen) atoms. The van der Waals surface area contributed by atoms with Gasteiger partial charge in [0, 0.05) is 6.54 Å². The largest absolute Gasteiger partial charge is 0.477 e. The van der Waals surface area contributed by atoms with Crippen LogP contribution in [0.5, 0.6) is 0 Å². The van der Waals surface area contributed by atoms with Gasteiger partial charge in [-0.3, -0.25) is 9.59 Å². The summed E-state index contributed by atoms with van der Waals surface area (Å²) in [5, 5.41) is 8.93. The van der Waals surface area contributed by atoms with E-state index in [1.54, 1.807) is 17.0 Å². The predicted molar refractivity (Wildman–Crippen MR) is 71.3 cm³/mol. The molecule has 1 N–H and O–H groups in total. The van der Waals surface area contributed by atoms with Crippen molar-refractivity contribution in [1.82, 2.24) is 14.8 Å². The predicted octanol–water partition coefficient (Wildman–Crippen LogP) is 0.113. The number of pyridine rings is 1. The molecule has 1 aromatic heterocycles. The quantitative estimate of drug-likeness (QED) is 0.853. The standard InChI is InChI=1S/C14H15N3O4/c18-12-8-16(13(19)11-5-2-6-17(11)12)7-9-3-1-4-10(15-9)14(20)21/h1,3-4,11H,2,5-8H2,(H,20,21). The highest BCUT2D eigenvalue weighted by Crippen LogP contribution is 2.24. The van der Waals surface area contributed by atoms with Crippen molar-refractivity contribution >= 4 is 17.8 Å². The Bertz CT molecular complexity index is 616. The van der Waals surface area contributed by atoms with Crippen molar-refractivity contribution in [2.24, 2.45) is 0 Å². The van der Waals surface area contributed by atoms with Crippen LogP contribution in [-0.2, 0) is 16.1 Å². The van der Waals surface area contributed by atoms with E-state index in [0.29, 0.717) is 18.7 Å². The molecule has 0 saturated carbocycles. The van der Waals surface area contributed by atoms with E-state index in [4.69, 9.17) is 5.11 Å². The molecular weight excluding hydrogens is 274 g/mol. The van der Waals surface area contributed by atoms with Crippen LogP contribution in [0.15, 0.2) is 18.2 Å². The van der Waals surface area contributed by atoms with E-state index >= 15 is 0 Å². The van der Waals surface area contributed by atoms with Crippen LogP contribution in [0.25, 0.3) is 0 Å². The Labute approximate surface area is 121 Å². The first kappa shape index (κ1) is 13.5. The van der Waals surface area contributed by atoms with Crippen molar-refractivity contribution in [3.8, 4) is 0 Å². The molecule has 3 rings (SSSR count). The molecule has 0 spiro atoms. The Morgan fingerprint density at radius 3 is 2.95 bits per heavy atom. The zero-order valence-corrected chi connectivity index (χ0v) is 11.4. The zero-order chi connectivity index (χ0) is 15.0. The Hall–Kier alpha value is -2.44. The fourth-order valence-corrected chi connectivity index (χ4v) is 2.88. The molecule has 1 atom stereocenters. The molecule has 2 amide bonds. The summed E-state index contributed by atoms with van der Waals surface area (Å²) in [6.45, 7) is 0.847. The van der Waals surface area contributed by atoms with Gasteiger partial charge in [-0.25, -0.2) is 9.78 Å². The van der Waals surface area contributed by atoms with E-state index in [1.807, 2.05) is 0 Å². The van der Waals surface area contributed by atoms with Gasteiger partial charge in [0.05, 0.1) is 12.2 Å². The maximum absolute atomic E-state index is 12.4. The SMILES string of the molecule is O=C(O)c1cccc(CN2CC(=O)N3CCCC3C2=O)n1. The third-order valence-corrected chi connectivity index (χ3v) is 3.87. The minimum Gasteiger partial charge on any atom is -0.477 e. The topological polar surface area (TPSA) is 90.8 Å². The average Bonchev–Trinajstić information content (AvgIpc) is 2.95. The van der Waals surface area contributed by atoms with Crippen LogP contribution < -0.4 is 0 Å². The fourth-order valence-electron chi connectivity index (χ4n) is 2.88. The zero-order valence-electron chi connectivity index (χ0n) is 11.4. The number of nitrogens with zero attached hydrogens (tertiary/aromatic N) is 3. The number of hydrogen-bond donors (Lipinski definition) is 1. The Kier molecular flexibility index (Phi) is 3.32.